The lowest BCUT2D eigenvalue weighted by atomic mass is 9.74. The molecule has 0 aliphatic carbocycles. The van der Waals surface area contributed by atoms with Gasteiger partial charge in [0.05, 0.1) is 42.9 Å². The Morgan fingerprint density at radius 2 is 1.76 bits per heavy atom. The number of aromatic nitrogens is 4. The third-order valence-corrected chi connectivity index (χ3v) is 8.37. The Hall–Kier alpha value is -5.57. The van der Waals surface area contributed by atoms with Gasteiger partial charge in [-0.3, -0.25) is 19.6 Å². The maximum atomic E-state index is 14.5. The van der Waals surface area contributed by atoms with Gasteiger partial charge < -0.3 is 26.2 Å². The fourth-order valence-electron chi connectivity index (χ4n) is 5.88. The Labute approximate surface area is 284 Å². The van der Waals surface area contributed by atoms with Crippen LogP contribution in [0.2, 0.25) is 0 Å². The average Bonchev–Trinajstić information content (AvgIpc) is 3.49. The molecule has 50 heavy (non-hydrogen) atoms. The summed E-state index contributed by atoms with van der Waals surface area (Å²) in [5.74, 6) is -1.85. The summed E-state index contributed by atoms with van der Waals surface area (Å²) in [5, 5.41) is 21.4. The highest BCUT2D eigenvalue weighted by Crippen LogP contribution is 2.44. The largest absolute Gasteiger partial charge is 0.496 e. The summed E-state index contributed by atoms with van der Waals surface area (Å²) < 4.78 is 64.6. The number of methoxy groups -OCH3 is 1. The van der Waals surface area contributed by atoms with Crippen molar-refractivity contribution in [1.82, 2.24) is 25.1 Å². The molecule has 2 aromatic heterocycles. The Morgan fingerprint density at radius 3 is 2.38 bits per heavy atom. The minimum Gasteiger partial charge on any atom is -0.496 e. The first-order valence-corrected chi connectivity index (χ1v) is 15.3. The average molecular weight is 694 g/mol. The Morgan fingerprint density at radius 1 is 1.04 bits per heavy atom. The summed E-state index contributed by atoms with van der Waals surface area (Å²) in [5.41, 5.74) is 3.53. The lowest BCUT2D eigenvalue weighted by molar-refractivity contribution is -0.260. The summed E-state index contributed by atoms with van der Waals surface area (Å²) in [6, 6.07) is 12.1. The summed E-state index contributed by atoms with van der Waals surface area (Å²) in [4.78, 5) is 32.9. The van der Waals surface area contributed by atoms with Crippen molar-refractivity contribution in [3.8, 4) is 11.4 Å². The van der Waals surface area contributed by atoms with Crippen LogP contribution in [-0.4, -0.2) is 62.1 Å². The van der Waals surface area contributed by atoms with Gasteiger partial charge in [0, 0.05) is 34.6 Å². The molecule has 5 rings (SSSR count). The van der Waals surface area contributed by atoms with E-state index in [1.807, 2.05) is 0 Å². The lowest BCUT2D eigenvalue weighted by Gasteiger charge is -2.38. The molecule has 0 radical (unpaired) electrons. The SMILES string of the molecule is COc1ccc(F)cc1C(C)(C)CC(O)(CNc1cc(C)cc2c1cnn2-c1ccc(C(=O)NC(C(N)=O)c2cnccn2)cc1)C(F)(F)F. The zero-order valence-electron chi connectivity index (χ0n) is 27.5. The maximum absolute atomic E-state index is 14.5. The van der Waals surface area contributed by atoms with E-state index in [-0.39, 0.29) is 22.6 Å². The number of alkyl halides is 3. The number of amides is 2. The minimum atomic E-state index is -5.05. The number of hydrogen-bond donors (Lipinski definition) is 4. The predicted octanol–water partition coefficient (Wildman–Crippen LogP) is 5.30. The summed E-state index contributed by atoms with van der Waals surface area (Å²) >= 11 is 0. The molecule has 0 aliphatic rings. The van der Waals surface area contributed by atoms with Gasteiger partial charge in [-0.1, -0.05) is 13.8 Å². The quantitative estimate of drug-likeness (QED) is 0.128. The van der Waals surface area contributed by atoms with Gasteiger partial charge in [0.15, 0.2) is 11.6 Å². The van der Waals surface area contributed by atoms with Crippen molar-refractivity contribution in [2.24, 2.45) is 5.73 Å². The fraction of sp³-hybridized carbons (Fsp3) is 0.286. The number of anilines is 1. The number of nitrogens with one attached hydrogen (secondary N) is 2. The van der Waals surface area contributed by atoms with E-state index in [1.165, 1.54) is 63.9 Å². The van der Waals surface area contributed by atoms with Gasteiger partial charge in [-0.05, 0) is 78.9 Å². The molecule has 2 atom stereocenters. The smallest absolute Gasteiger partial charge is 0.418 e. The van der Waals surface area contributed by atoms with Crippen molar-refractivity contribution < 1.29 is 37.0 Å². The number of carbonyl (C=O) groups is 2. The van der Waals surface area contributed by atoms with E-state index in [0.29, 0.717) is 27.8 Å². The normalized spacial score (nSPS) is 13.8. The molecule has 0 spiro atoms. The summed E-state index contributed by atoms with van der Waals surface area (Å²) in [7, 11) is 1.34. The standard InChI is InChI=1S/C35H35F4N7O4/c1-20-13-26(43-19-34(49,35(37,38)39)18-33(2,3)25-15-22(36)7-10-29(25)50-4)24-16-44-46(28(24)14-20)23-8-5-21(6-9-23)32(48)45-30(31(40)47)27-17-41-11-12-42-27/h5-17,30,43,49H,18-19H2,1-4H3,(H2,40,47)(H,45,48). The van der Waals surface area contributed by atoms with Crippen LogP contribution in [0.25, 0.3) is 16.6 Å². The number of primary amides is 1. The first kappa shape index (κ1) is 35.7. The van der Waals surface area contributed by atoms with Crippen molar-refractivity contribution >= 4 is 28.4 Å². The predicted molar refractivity (Wildman–Crippen MR) is 177 cm³/mol. The molecule has 0 saturated heterocycles. The van der Waals surface area contributed by atoms with Crippen LogP contribution in [0.3, 0.4) is 0 Å². The molecule has 15 heteroatoms. The van der Waals surface area contributed by atoms with Gasteiger partial charge in [-0.15, -0.1) is 0 Å². The van der Waals surface area contributed by atoms with Crippen molar-refractivity contribution in [1.29, 1.82) is 0 Å². The number of halogens is 4. The molecule has 0 bridgehead atoms. The molecule has 0 aliphatic heterocycles. The number of nitrogens with two attached hydrogens (primary N) is 1. The second-order valence-electron chi connectivity index (χ2n) is 12.6. The van der Waals surface area contributed by atoms with Crippen LogP contribution in [0.4, 0.5) is 23.2 Å². The van der Waals surface area contributed by atoms with E-state index in [4.69, 9.17) is 10.5 Å². The summed E-state index contributed by atoms with van der Waals surface area (Å²) in [6.45, 7) is 3.82. The Balaban J connectivity index is 1.39. The number of ether oxygens (including phenoxy) is 1. The third kappa shape index (κ3) is 7.37. The molecule has 5 N–H and O–H groups in total. The van der Waals surface area contributed by atoms with Gasteiger partial charge in [0.25, 0.3) is 5.91 Å². The molecular formula is C35H35F4N7O4. The second kappa shape index (κ2) is 13.7. The molecule has 2 amide bonds. The van der Waals surface area contributed by atoms with E-state index in [1.54, 1.807) is 35.9 Å². The van der Waals surface area contributed by atoms with Crippen molar-refractivity contribution in [2.75, 3.05) is 19.0 Å². The van der Waals surface area contributed by atoms with E-state index < -0.39 is 53.8 Å². The number of rotatable bonds is 12. The maximum Gasteiger partial charge on any atom is 0.418 e. The van der Waals surface area contributed by atoms with E-state index in [0.717, 1.165) is 12.1 Å². The second-order valence-corrected chi connectivity index (χ2v) is 12.6. The van der Waals surface area contributed by atoms with Crippen LogP contribution >= 0.6 is 0 Å². The number of fused-ring (bicyclic) bond motifs is 1. The number of carbonyl (C=O) groups excluding carboxylic acids is 2. The van der Waals surface area contributed by atoms with E-state index in [9.17, 15) is 32.3 Å². The Kier molecular flexibility index (Phi) is 9.82. The zero-order valence-corrected chi connectivity index (χ0v) is 27.5. The van der Waals surface area contributed by atoms with Gasteiger partial charge in [0.1, 0.15) is 11.6 Å². The van der Waals surface area contributed by atoms with Crippen LogP contribution in [0.15, 0.2) is 79.4 Å². The van der Waals surface area contributed by atoms with Crippen LogP contribution in [0, 0.1) is 12.7 Å². The molecule has 262 valence electrons. The third-order valence-electron chi connectivity index (χ3n) is 8.37. The molecule has 2 heterocycles. The van der Waals surface area contributed by atoms with E-state index >= 15 is 0 Å². The van der Waals surface area contributed by atoms with Gasteiger partial charge >= 0.3 is 6.18 Å². The molecule has 0 fully saturated rings. The number of hydrogen-bond acceptors (Lipinski definition) is 8. The highest BCUT2D eigenvalue weighted by Gasteiger charge is 2.56. The molecular weight excluding hydrogens is 658 g/mol. The van der Waals surface area contributed by atoms with Gasteiger partial charge in [0.2, 0.25) is 5.91 Å². The molecule has 3 aromatic carbocycles. The minimum absolute atomic E-state index is 0.178. The molecule has 5 aromatic rings. The van der Waals surface area contributed by atoms with Crippen LogP contribution in [0.5, 0.6) is 5.75 Å². The summed E-state index contributed by atoms with van der Waals surface area (Å²) in [6.07, 6.45) is -0.270. The molecule has 0 saturated carbocycles. The first-order valence-electron chi connectivity index (χ1n) is 15.3. The highest BCUT2D eigenvalue weighted by atomic mass is 19.4. The number of aliphatic hydroxyl groups is 1. The van der Waals surface area contributed by atoms with Crippen LogP contribution in [-0.2, 0) is 10.2 Å². The first-order chi connectivity index (χ1) is 23.5. The number of nitrogens with zero attached hydrogens (tertiary/aromatic N) is 4. The van der Waals surface area contributed by atoms with Crippen LogP contribution in [0.1, 0.15) is 53.5 Å². The van der Waals surface area contributed by atoms with Crippen molar-refractivity contribution in [3.05, 3.63) is 108 Å². The number of benzene rings is 3. The monoisotopic (exact) mass is 693 g/mol. The van der Waals surface area contributed by atoms with E-state index in [2.05, 4.69) is 25.7 Å². The Bertz CT molecular complexity index is 2020. The van der Waals surface area contributed by atoms with Crippen molar-refractivity contribution in [3.63, 3.8) is 0 Å². The lowest BCUT2D eigenvalue weighted by Crippen LogP contribution is -2.53. The fourth-order valence-corrected chi connectivity index (χ4v) is 5.88. The number of aryl methyl sites for hydroxylation is 1. The van der Waals surface area contributed by atoms with Crippen LogP contribution < -0.4 is 21.1 Å². The topological polar surface area (TPSA) is 157 Å². The zero-order chi connectivity index (χ0) is 36.4. The van der Waals surface area contributed by atoms with Gasteiger partial charge in [-0.25, -0.2) is 9.07 Å². The van der Waals surface area contributed by atoms with Crippen molar-refractivity contribution in [2.45, 2.75) is 50.4 Å². The molecule has 2 unspecified atom stereocenters. The highest BCUT2D eigenvalue weighted by molar-refractivity contribution is 5.98. The van der Waals surface area contributed by atoms with Gasteiger partial charge in [-0.2, -0.15) is 18.3 Å². The molecule has 11 nitrogen and oxygen atoms in total.